The summed E-state index contributed by atoms with van der Waals surface area (Å²) < 4.78 is 109. The van der Waals surface area contributed by atoms with Crippen LogP contribution in [0.1, 0.15) is 0 Å². The third-order valence-corrected chi connectivity index (χ3v) is 5.24. The molecule has 0 aromatic heterocycles. The first-order chi connectivity index (χ1) is 10.2. The van der Waals surface area contributed by atoms with Crippen LogP contribution in [-0.4, -0.2) is 0 Å². The van der Waals surface area contributed by atoms with Crippen LogP contribution < -0.4 is 0 Å². The summed E-state index contributed by atoms with van der Waals surface area (Å²) >= 11 is 0. The standard InChI is InChI=1S/C6H5ClF4S.C6H5F5S.FH/c2*7-12(8,9,10,11)6-4-2-1-3-5-6;/h2*1-5H;1H. The van der Waals surface area contributed by atoms with Gasteiger partial charge in [0.2, 0.25) is 0 Å². The lowest BCUT2D eigenvalue weighted by Gasteiger charge is -2.42. The maximum Gasteiger partial charge on any atom is 0.310 e. The zero-order valence-electron chi connectivity index (χ0n) is 11.8. The summed E-state index contributed by atoms with van der Waals surface area (Å²) in [6.45, 7) is 0. The van der Waals surface area contributed by atoms with E-state index in [9.17, 15) is 35.0 Å². The summed E-state index contributed by atoms with van der Waals surface area (Å²) in [6.07, 6.45) is 0. The van der Waals surface area contributed by atoms with Crippen molar-refractivity contribution in [1.29, 1.82) is 0 Å². The SMILES string of the molecule is F.FS(F)(F)(F)(Cl)c1ccccc1.FS(F)(F)(F)(F)c1ccccc1. The molecule has 0 aliphatic carbocycles. The number of halogens is 11. The second kappa shape index (κ2) is 5.36. The highest BCUT2D eigenvalue weighted by atomic mass is 35.7. The predicted octanol–water partition coefficient (Wildman–Crippen LogP) is 9.11. The Morgan fingerprint density at radius 2 is 0.800 bits per heavy atom. The molecule has 0 aliphatic rings. The Balaban J connectivity index is 0.000000443. The maximum atomic E-state index is 12.4. The van der Waals surface area contributed by atoms with Crippen molar-refractivity contribution < 1.29 is 39.7 Å². The fraction of sp³-hybridized carbons (Fsp3) is 0. The molecule has 0 saturated heterocycles. The number of rotatable bonds is 2. The number of benzene rings is 2. The van der Waals surface area contributed by atoms with Crippen LogP contribution >= 0.6 is 30.0 Å². The van der Waals surface area contributed by atoms with E-state index < -0.39 is 29.1 Å². The Labute approximate surface area is 140 Å². The van der Waals surface area contributed by atoms with Gasteiger partial charge in [0.05, 0.1) is 4.90 Å². The lowest BCUT2D eigenvalue weighted by Crippen LogP contribution is -2.05. The third kappa shape index (κ3) is 8.10. The molecular formula is C12H11ClF10S2. The van der Waals surface area contributed by atoms with Gasteiger partial charge in [-0.05, 0) is 24.3 Å². The highest BCUT2D eigenvalue weighted by molar-refractivity contribution is 8.65. The van der Waals surface area contributed by atoms with E-state index >= 15 is 0 Å². The molecule has 0 heterocycles. The fourth-order valence-electron chi connectivity index (χ4n) is 1.36. The van der Waals surface area contributed by atoms with Crippen molar-refractivity contribution in [2.75, 3.05) is 0 Å². The first kappa shape index (κ1) is 23.7. The van der Waals surface area contributed by atoms with Gasteiger partial charge in [-0.3, -0.25) is 4.70 Å². The molecule has 0 atom stereocenters. The van der Waals surface area contributed by atoms with E-state index in [0.29, 0.717) is 24.3 Å². The molecular weight excluding hydrogens is 434 g/mol. The van der Waals surface area contributed by atoms with Crippen LogP contribution in [0.3, 0.4) is 0 Å². The smallest absolute Gasteiger partial charge is 0.269 e. The molecule has 0 amide bonds. The largest absolute Gasteiger partial charge is 0.310 e. The molecule has 0 unspecified atom stereocenters. The molecule has 25 heavy (non-hydrogen) atoms. The monoisotopic (exact) mass is 444 g/mol. The van der Waals surface area contributed by atoms with Crippen LogP contribution in [-0.2, 0) is 0 Å². The normalized spacial score (nSPS) is 17.4. The molecule has 0 bridgehead atoms. The Morgan fingerprint density at radius 3 is 0.960 bits per heavy atom. The highest BCUT2D eigenvalue weighted by Crippen LogP contribution is 3.04. The minimum Gasteiger partial charge on any atom is -0.269 e. The van der Waals surface area contributed by atoms with E-state index in [1.165, 1.54) is 12.1 Å². The predicted molar refractivity (Wildman–Crippen MR) is 82.9 cm³/mol. The van der Waals surface area contributed by atoms with Gasteiger partial charge < -0.3 is 0 Å². The molecule has 0 N–H and O–H groups in total. The molecule has 0 aliphatic heterocycles. The van der Waals surface area contributed by atoms with Crippen LogP contribution in [0.25, 0.3) is 0 Å². The van der Waals surface area contributed by atoms with Crippen molar-refractivity contribution in [3.63, 3.8) is 0 Å². The molecule has 13 heteroatoms. The fourth-order valence-corrected chi connectivity index (χ4v) is 3.01. The first-order valence-electron chi connectivity index (χ1n) is 5.77. The summed E-state index contributed by atoms with van der Waals surface area (Å²) in [4.78, 5) is -3.27. The molecule has 0 fully saturated rings. The molecule has 2 rings (SSSR count). The summed E-state index contributed by atoms with van der Waals surface area (Å²) in [5, 5.41) is 0. The van der Waals surface area contributed by atoms with Crippen molar-refractivity contribution in [3.8, 4) is 0 Å². The van der Waals surface area contributed by atoms with Crippen LogP contribution in [0.5, 0.6) is 0 Å². The number of hydrogen-bond donors (Lipinski definition) is 0. The van der Waals surface area contributed by atoms with Crippen molar-refractivity contribution in [3.05, 3.63) is 60.7 Å². The summed E-state index contributed by atoms with van der Waals surface area (Å²) in [5.41, 5.74) is 0. The quantitative estimate of drug-likeness (QED) is 0.405. The van der Waals surface area contributed by atoms with Crippen molar-refractivity contribution in [1.82, 2.24) is 0 Å². The Bertz CT molecular complexity index is 644. The molecule has 148 valence electrons. The highest BCUT2D eigenvalue weighted by Gasteiger charge is 2.65. The van der Waals surface area contributed by atoms with E-state index in [4.69, 9.17) is 0 Å². The first-order valence-corrected chi connectivity index (χ1v) is 10.6. The van der Waals surface area contributed by atoms with E-state index in [1.54, 1.807) is 0 Å². The maximum absolute atomic E-state index is 12.4. The zero-order valence-corrected chi connectivity index (χ0v) is 14.2. The van der Waals surface area contributed by atoms with Crippen LogP contribution in [0.15, 0.2) is 70.5 Å². The summed E-state index contributed by atoms with van der Waals surface area (Å²) in [6, 6.07) is 8.54. The summed E-state index contributed by atoms with van der Waals surface area (Å²) in [5.74, 6) is 0. The molecule has 2 aromatic carbocycles. The van der Waals surface area contributed by atoms with Gasteiger partial charge in [0.25, 0.3) is 9.05 Å². The number of hydrogen-bond acceptors (Lipinski definition) is 0. The third-order valence-electron chi connectivity index (χ3n) is 2.38. The van der Waals surface area contributed by atoms with Crippen molar-refractivity contribution in [2.24, 2.45) is 0 Å². The summed E-state index contributed by atoms with van der Waals surface area (Å²) in [7, 11) is -13.9. The van der Waals surface area contributed by atoms with E-state index in [-0.39, 0.29) is 4.70 Å². The van der Waals surface area contributed by atoms with E-state index in [2.05, 4.69) is 10.7 Å². The van der Waals surface area contributed by atoms with Crippen LogP contribution in [0, 0.1) is 0 Å². The van der Waals surface area contributed by atoms with Crippen LogP contribution in [0.4, 0.5) is 39.7 Å². The lowest BCUT2D eigenvalue weighted by molar-refractivity contribution is 0.364. The molecule has 0 nitrogen and oxygen atoms in total. The van der Waals surface area contributed by atoms with Gasteiger partial charge in [-0.1, -0.05) is 55.8 Å². The average Bonchev–Trinajstić information content (AvgIpc) is 2.37. The topological polar surface area (TPSA) is 0 Å². The van der Waals surface area contributed by atoms with Crippen LogP contribution in [0.2, 0.25) is 0 Å². The lowest BCUT2D eigenvalue weighted by atomic mass is 10.4. The van der Waals surface area contributed by atoms with Gasteiger partial charge in [0.1, 0.15) is 4.90 Å². The molecule has 0 spiro atoms. The molecule has 2 aromatic rings. The van der Waals surface area contributed by atoms with Crippen molar-refractivity contribution >= 4 is 30.0 Å². The van der Waals surface area contributed by atoms with Gasteiger partial charge in [0.15, 0.2) is 0 Å². The van der Waals surface area contributed by atoms with E-state index in [1.807, 2.05) is 0 Å². The Morgan fingerprint density at radius 1 is 0.520 bits per heavy atom. The van der Waals surface area contributed by atoms with Gasteiger partial charge in [-0.25, -0.2) is 0 Å². The minimum absolute atomic E-state index is 0. The van der Waals surface area contributed by atoms with E-state index in [0.717, 1.165) is 24.3 Å². The average molecular weight is 445 g/mol. The zero-order chi connectivity index (χ0) is 19.0. The Hall–Kier alpha value is -1.27. The van der Waals surface area contributed by atoms with Gasteiger partial charge in [0, 0.05) is 10.7 Å². The second-order valence-corrected chi connectivity index (χ2v) is 11.2. The second-order valence-electron chi connectivity index (χ2n) is 4.56. The Kier molecular flexibility index (Phi) is 5.09. The van der Waals surface area contributed by atoms with Gasteiger partial charge in [-0.2, -0.15) is 0 Å². The molecule has 0 radical (unpaired) electrons. The minimum atomic E-state index is -9.43. The van der Waals surface area contributed by atoms with Crippen molar-refractivity contribution in [2.45, 2.75) is 9.79 Å². The van der Waals surface area contributed by atoms with Gasteiger partial charge in [-0.15, -0.1) is 15.5 Å². The van der Waals surface area contributed by atoms with Gasteiger partial charge >= 0.3 is 10.2 Å². The molecule has 0 saturated carbocycles.